The Balaban J connectivity index is 1.87. The van der Waals surface area contributed by atoms with Crippen LogP contribution in [0, 0.1) is 12.7 Å². The van der Waals surface area contributed by atoms with Crippen LogP contribution in [0.25, 0.3) is 0 Å². The van der Waals surface area contributed by atoms with Crippen LogP contribution in [0.1, 0.15) is 42.1 Å². The Morgan fingerprint density at radius 1 is 1.48 bits per heavy atom. The molecule has 0 aromatic heterocycles. The zero-order chi connectivity index (χ0) is 15.4. The number of halogens is 1. The molecule has 0 aliphatic carbocycles. The van der Waals surface area contributed by atoms with E-state index >= 15 is 0 Å². The van der Waals surface area contributed by atoms with Gasteiger partial charge in [-0.25, -0.2) is 9.18 Å². The van der Waals surface area contributed by atoms with Crippen molar-refractivity contribution in [1.82, 2.24) is 4.90 Å². The minimum atomic E-state index is -0.656. The number of esters is 1. The van der Waals surface area contributed by atoms with E-state index in [0.717, 1.165) is 13.0 Å². The number of hydrogen-bond acceptors (Lipinski definition) is 3. The van der Waals surface area contributed by atoms with E-state index in [4.69, 9.17) is 4.74 Å². The highest BCUT2D eigenvalue weighted by Gasteiger charge is 2.22. The number of carbonyl (C=O) groups excluding carboxylic acids is 2. The molecule has 2 rings (SSSR count). The van der Waals surface area contributed by atoms with Crippen LogP contribution in [0.4, 0.5) is 4.39 Å². The zero-order valence-electron chi connectivity index (χ0n) is 12.4. The maximum Gasteiger partial charge on any atom is 0.341 e. The maximum absolute atomic E-state index is 13.8. The monoisotopic (exact) mass is 293 g/mol. The summed E-state index contributed by atoms with van der Waals surface area (Å²) in [7, 11) is 0. The Morgan fingerprint density at radius 3 is 2.90 bits per heavy atom. The standard InChI is InChI=1S/C16H20FNO3/c1-11-5-3-6-13(15(11)17)16(20)21-12(2)8-10-18-9-4-7-14(18)19/h3,5-6,12H,4,7-10H2,1-2H3/t12-/m1/s1. The summed E-state index contributed by atoms with van der Waals surface area (Å²) in [6.45, 7) is 4.70. The van der Waals surface area contributed by atoms with E-state index in [1.165, 1.54) is 6.07 Å². The van der Waals surface area contributed by atoms with E-state index in [1.54, 1.807) is 30.9 Å². The molecular weight excluding hydrogens is 273 g/mol. The first kappa shape index (κ1) is 15.5. The van der Waals surface area contributed by atoms with Gasteiger partial charge in [0.1, 0.15) is 11.9 Å². The van der Waals surface area contributed by atoms with Crippen LogP contribution < -0.4 is 0 Å². The molecule has 0 saturated carbocycles. The number of amides is 1. The number of ether oxygens (including phenoxy) is 1. The van der Waals surface area contributed by atoms with Gasteiger partial charge in [0.15, 0.2) is 0 Å². The molecule has 114 valence electrons. The molecule has 1 aromatic carbocycles. The van der Waals surface area contributed by atoms with Crippen molar-refractivity contribution in [3.05, 3.63) is 35.1 Å². The lowest BCUT2D eigenvalue weighted by molar-refractivity contribution is -0.127. The van der Waals surface area contributed by atoms with E-state index in [0.29, 0.717) is 24.9 Å². The van der Waals surface area contributed by atoms with Gasteiger partial charge in [-0.15, -0.1) is 0 Å². The summed E-state index contributed by atoms with van der Waals surface area (Å²) in [5.74, 6) is -1.04. The summed E-state index contributed by atoms with van der Waals surface area (Å²) in [5, 5.41) is 0. The smallest absolute Gasteiger partial charge is 0.341 e. The molecule has 1 fully saturated rings. The summed E-state index contributed by atoms with van der Waals surface area (Å²) >= 11 is 0. The molecule has 5 heteroatoms. The highest BCUT2D eigenvalue weighted by molar-refractivity contribution is 5.90. The Hall–Kier alpha value is -1.91. The Labute approximate surface area is 123 Å². The number of rotatable bonds is 5. The number of carbonyl (C=O) groups is 2. The number of aryl methyl sites for hydroxylation is 1. The summed E-state index contributed by atoms with van der Waals surface area (Å²) in [5.41, 5.74) is 0.374. The Bertz CT molecular complexity index is 544. The first-order chi connectivity index (χ1) is 9.99. The number of nitrogens with zero attached hydrogens (tertiary/aromatic N) is 1. The molecule has 1 aromatic rings. The van der Waals surface area contributed by atoms with Crippen LogP contribution in [-0.4, -0.2) is 36.0 Å². The van der Waals surface area contributed by atoms with E-state index in [9.17, 15) is 14.0 Å². The van der Waals surface area contributed by atoms with Crippen LogP contribution in [0.5, 0.6) is 0 Å². The zero-order valence-corrected chi connectivity index (χ0v) is 12.4. The third-order valence-electron chi connectivity index (χ3n) is 3.70. The predicted octanol–water partition coefficient (Wildman–Crippen LogP) is 2.69. The summed E-state index contributed by atoms with van der Waals surface area (Å²) in [6, 6.07) is 4.65. The average Bonchev–Trinajstić information content (AvgIpc) is 2.85. The summed E-state index contributed by atoms with van der Waals surface area (Å²) < 4.78 is 19.1. The molecule has 0 radical (unpaired) electrons. The van der Waals surface area contributed by atoms with Crippen molar-refractivity contribution in [3.8, 4) is 0 Å². The van der Waals surface area contributed by atoms with Crippen molar-refractivity contribution in [1.29, 1.82) is 0 Å². The van der Waals surface area contributed by atoms with Crippen LogP contribution in [0.2, 0.25) is 0 Å². The van der Waals surface area contributed by atoms with Crippen LogP contribution in [-0.2, 0) is 9.53 Å². The number of hydrogen-bond donors (Lipinski definition) is 0. The number of benzene rings is 1. The van der Waals surface area contributed by atoms with Gasteiger partial charge in [0, 0.05) is 25.9 Å². The predicted molar refractivity (Wildman–Crippen MR) is 76.4 cm³/mol. The fourth-order valence-corrected chi connectivity index (χ4v) is 2.39. The highest BCUT2D eigenvalue weighted by Crippen LogP contribution is 2.15. The molecule has 1 aliphatic heterocycles. The Morgan fingerprint density at radius 2 is 2.24 bits per heavy atom. The van der Waals surface area contributed by atoms with Crippen LogP contribution in [0.3, 0.4) is 0 Å². The molecule has 0 unspecified atom stereocenters. The lowest BCUT2D eigenvalue weighted by atomic mass is 10.1. The molecule has 1 saturated heterocycles. The minimum absolute atomic E-state index is 0.0425. The van der Waals surface area contributed by atoms with Gasteiger partial charge in [-0.2, -0.15) is 0 Å². The van der Waals surface area contributed by atoms with Crippen molar-refractivity contribution < 1.29 is 18.7 Å². The lowest BCUT2D eigenvalue weighted by Crippen LogP contribution is -2.29. The molecule has 0 bridgehead atoms. The van der Waals surface area contributed by atoms with Gasteiger partial charge in [0.25, 0.3) is 0 Å². The fourth-order valence-electron chi connectivity index (χ4n) is 2.39. The first-order valence-electron chi connectivity index (χ1n) is 7.23. The largest absolute Gasteiger partial charge is 0.459 e. The van der Waals surface area contributed by atoms with Crippen molar-refractivity contribution in [2.75, 3.05) is 13.1 Å². The third kappa shape index (κ3) is 3.80. The second kappa shape index (κ2) is 6.70. The Kier molecular flexibility index (Phi) is 4.94. The van der Waals surface area contributed by atoms with Gasteiger partial charge < -0.3 is 9.64 Å². The van der Waals surface area contributed by atoms with Crippen LogP contribution >= 0.6 is 0 Å². The second-order valence-electron chi connectivity index (χ2n) is 5.43. The molecule has 1 aliphatic rings. The fraction of sp³-hybridized carbons (Fsp3) is 0.500. The van der Waals surface area contributed by atoms with Crippen molar-refractivity contribution >= 4 is 11.9 Å². The van der Waals surface area contributed by atoms with Gasteiger partial charge in [0.2, 0.25) is 5.91 Å². The maximum atomic E-state index is 13.8. The molecule has 1 atom stereocenters. The number of likely N-dealkylation sites (tertiary alicyclic amines) is 1. The topological polar surface area (TPSA) is 46.6 Å². The quantitative estimate of drug-likeness (QED) is 0.784. The second-order valence-corrected chi connectivity index (χ2v) is 5.43. The van der Waals surface area contributed by atoms with Gasteiger partial charge in [-0.05, 0) is 31.9 Å². The van der Waals surface area contributed by atoms with Crippen molar-refractivity contribution in [2.24, 2.45) is 0 Å². The molecule has 0 spiro atoms. The summed E-state index contributed by atoms with van der Waals surface area (Å²) in [4.78, 5) is 25.2. The van der Waals surface area contributed by atoms with Crippen molar-refractivity contribution in [2.45, 2.75) is 39.2 Å². The van der Waals surface area contributed by atoms with E-state index in [2.05, 4.69) is 0 Å². The van der Waals surface area contributed by atoms with Gasteiger partial charge >= 0.3 is 5.97 Å². The first-order valence-corrected chi connectivity index (χ1v) is 7.23. The van der Waals surface area contributed by atoms with Gasteiger partial charge in [-0.3, -0.25) is 4.79 Å². The van der Waals surface area contributed by atoms with Gasteiger partial charge in [0.05, 0.1) is 5.56 Å². The normalized spacial score (nSPS) is 16.1. The van der Waals surface area contributed by atoms with E-state index < -0.39 is 11.8 Å². The third-order valence-corrected chi connectivity index (χ3v) is 3.70. The van der Waals surface area contributed by atoms with Gasteiger partial charge in [-0.1, -0.05) is 12.1 Å². The molecule has 1 amide bonds. The van der Waals surface area contributed by atoms with Crippen molar-refractivity contribution in [3.63, 3.8) is 0 Å². The molecule has 0 N–H and O–H groups in total. The molecule has 4 nitrogen and oxygen atoms in total. The SMILES string of the molecule is Cc1cccc(C(=O)O[C@H](C)CCN2CCCC2=O)c1F. The van der Waals surface area contributed by atoms with Crippen LogP contribution in [0.15, 0.2) is 18.2 Å². The molecular formula is C16H20FNO3. The summed E-state index contributed by atoms with van der Waals surface area (Å²) in [6.07, 6.45) is 1.69. The molecule has 21 heavy (non-hydrogen) atoms. The minimum Gasteiger partial charge on any atom is -0.459 e. The highest BCUT2D eigenvalue weighted by atomic mass is 19.1. The lowest BCUT2D eigenvalue weighted by Gasteiger charge is -2.19. The van der Waals surface area contributed by atoms with E-state index in [1.807, 2.05) is 0 Å². The molecule has 1 heterocycles. The average molecular weight is 293 g/mol. The van der Waals surface area contributed by atoms with E-state index in [-0.39, 0.29) is 17.6 Å².